The number of hydrogen-bond acceptors (Lipinski definition) is 2. The van der Waals surface area contributed by atoms with Crippen LogP contribution in [0.25, 0.3) is 11.0 Å². The van der Waals surface area contributed by atoms with Gasteiger partial charge in [-0.25, -0.2) is 0 Å². The average molecular weight is 142 g/mol. The second kappa shape index (κ2) is 2.14. The molecule has 0 saturated heterocycles. The maximum atomic E-state index is 8.58. The topological polar surface area (TPSA) is 36.9 Å². The summed E-state index contributed by atoms with van der Waals surface area (Å²) in [6, 6.07) is 9.38. The molecule has 0 spiro atoms. The number of furan rings is 1. The number of benzene rings is 1. The molecule has 0 atom stereocenters. The number of nitriles is 1. The van der Waals surface area contributed by atoms with Gasteiger partial charge in [-0.2, -0.15) is 5.26 Å². The van der Waals surface area contributed by atoms with Crippen molar-refractivity contribution >= 4 is 11.0 Å². The first kappa shape index (κ1) is 5.99. The molecule has 2 nitrogen and oxygen atoms in total. The quantitative estimate of drug-likeness (QED) is 0.564. The highest BCUT2D eigenvalue weighted by Gasteiger charge is 2.02. The summed E-state index contributed by atoms with van der Waals surface area (Å²) < 4.78 is 4.99. The van der Waals surface area contributed by atoms with Gasteiger partial charge in [-0.15, -0.1) is 0 Å². The molecule has 1 heterocycles. The van der Waals surface area contributed by atoms with Crippen LogP contribution in [0.5, 0.6) is 0 Å². The van der Waals surface area contributed by atoms with E-state index in [2.05, 4.69) is 6.26 Å². The molecule has 2 rings (SSSR count). The Morgan fingerprint density at radius 2 is 2.18 bits per heavy atom. The minimum Gasteiger partial charge on any atom is -0.451 e. The zero-order valence-electron chi connectivity index (χ0n) is 5.66. The van der Waals surface area contributed by atoms with Crippen molar-refractivity contribution in [1.29, 1.82) is 5.26 Å². The lowest BCUT2D eigenvalue weighted by Crippen LogP contribution is -1.66. The van der Waals surface area contributed by atoms with Crippen molar-refractivity contribution in [3.05, 3.63) is 36.1 Å². The number of para-hydroxylation sites is 1. The third-order valence-electron chi connectivity index (χ3n) is 1.53. The molecule has 0 aliphatic rings. The first-order valence-electron chi connectivity index (χ1n) is 3.21. The molecular formula is C9H4NO. The Morgan fingerprint density at radius 3 is 3.00 bits per heavy atom. The predicted molar refractivity (Wildman–Crippen MR) is 39.8 cm³/mol. The summed E-state index contributed by atoms with van der Waals surface area (Å²) in [6.07, 6.45) is 2.53. The van der Waals surface area contributed by atoms with E-state index in [-0.39, 0.29) is 0 Å². The molecular weight excluding hydrogens is 138 g/mol. The maximum absolute atomic E-state index is 8.58. The molecule has 0 bridgehead atoms. The van der Waals surface area contributed by atoms with Gasteiger partial charge in [0.15, 0.2) is 6.26 Å². The summed E-state index contributed by atoms with van der Waals surface area (Å²) in [7, 11) is 0. The van der Waals surface area contributed by atoms with Gasteiger partial charge in [-0.05, 0) is 12.1 Å². The number of fused-ring (bicyclic) bond motifs is 1. The smallest absolute Gasteiger partial charge is 0.189 e. The second-order valence-electron chi connectivity index (χ2n) is 2.19. The van der Waals surface area contributed by atoms with Gasteiger partial charge in [0.1, 0.15) is 17.2 Å². The molecule has 0 N–H and O–H groups in total. The summed E-state index contributed by atoms with van der Waals surface area (Å²) in [5, 5.41) is 9.41. The van der Waals surface area contributed by atoms with Gasteiger partial charge < -0.3 is 4.42 Å². The highest BCUT2D eigenvalue weighted by atomic mass is 16.3. The lowest BCUT2D eigenvalue weighted by atomic mass is 10.2. The molecule has 0 amide bonds. The van der Waals surface area contributed by atoms with Gasteiger partial charge >= 0.3 is 0 Å². The molecule has 2 heteroatoms. The predicted octanol–water partition coefficient (Wildman–Crippen LogP) is 2.10. The van der Waals surface area contributed by atoms with Gasteiger partial charge in [0, 0.05) is 5.39 Å². The van der Waals surface area contributed by atoms with Crippen LogP contribution in [0.3, 0.4) is 0 Å². The first-order valence-corrected chi connectivity index (χ1v) is 3.21. The zero-order chi connectivity index (χ0) is 7.68. The van der Waals surface area contributed by atoms with E-state index in [1.54, 1.807) is 0 Å². The molecule has 1 radical (unpaired) electrons. The van der Waals surface area contributed by atoms with Crippen LogP contribution in [-0.2, 0) is 0 Å². The van der Waals surface area contributed by atoms with E-state index < -0.39 is 0 Å². The summed E-state index contributed by atoms with van der Waals surface area (Å²) in [4.78, 5) is 0. The van der Waals surface area contributed by atoms with Crippen molar-refractivity contribution in [2.24, 2.45) is 0 Å². The first-order chi connectivity index (χ1) is 5.42. The Labute approximate surface area is 63.7 Å². The number of rotatable bonds is 0. The summed E-state index contributed by atoms with van der Waals surface area (Å²) >= 11 is 0. The highest BCUT2D eigenvalue weighted by Crippen LogP contribution is 2.18. The Balaban J connectivity index is 2.89. The van der Waals surface area contributed by atoms with Crippen LogP contribution >= 0.6 is 0 Å². The minimum atomic E-state index is 0.473. The fraction of sp³-hybridized carbons (Fsp3) is 0. The van der Waals surface area contributed by atoms with Crippen molar-refractivity contribution < 1.29 is 4.42 Å². The Bertz CT molecular complexity index is 422. The third kappa shape index (κ3) is 0.786. The van der Waals surface area contributed by atoms with E-state index in [9.17, 15) is 0 Å². The van der Waals surface area contributed by atoms with E-state index in [0.717, 1.165) is 5.39 Å². The van der Waals surface area contributed by atoms with Gasteiger partial charge in [0.25, 0.3) is 0 Å². The third-order valence-corrected chi connectivity index (χ3v) is 1.53. The molecule has 0 fully saturated rings. The maximum Gasteiger partial charge on any atom is 0.189 e. The van der Waals surface area contributed by atoms with Gasteiger partial charge in [0.2, 0.25) is 0 Å². The molecule has 0 aliphatic heterocycles. The summed E-state index contributed by atoms with van der Waals surface area (Å²) in [5.74, 6) is 0. The van der Waals surface area contributed by atoms with Crippen molar-refractivity contribution in [2.75, 3.05) is 0 Å². The molecule has 0 unspecified atom stereocenters. The largest absolute Gasteiger partial charge is 0.451 e. The van der Waals surface area contributed by atoms with Crippen molar-refractivity contribution in [2.45, 2.75) is 0 Å². The summed E-state index contributed by atoms with van der Waals surface area (Å²) in [6.45, 7) is 0. The van der Waals surface area contributed by atoms with Crippen molar-refractivity contribution in [3.8, 4) is 6.07 Å². The van der Waals surface area contributed by atoms with Crippen LogP contribution in [0.15, 0.2) is 28.7 Å². The van der Waals surface area contributed by atoms with Crippen LogP contribution < -0.4 is 0 Å². The van der Waals surface area contributed by atoms with E-state index in [4.69, 9.17) is 9.68 Å². The van der Waals surface area contributed by atoms with Crippen LogP contribution in [0, 0.1) is 17.6 Å². The van der Waals surface area contributed by atoms with E-state index in [1.807, 2.05) is 30.3 Å². The van der Waals surface area contributed by atoms with Crippen molar-refractivity contribution in [1.82, 2.24) is 0 Å². The monoisotopic (exact) mass is 142 g/mol. The minimum absolute atomic E-state index is 0.473. The molecule has 1 aromatic carbocycles. The van der Waals surface area contributed by atoms with E-state index in [0.29, 0.717) is 11.1 Å². The van der Waals surface area contributed by atoms with E-state index >= 15 is 0 Å². The SMILES string of the molecule is N#Cc1[c]oc2ccccc12. The van der Waals surface area contributed by atoms with Crippen LogP contribution in [0.2, 0.25) is 0 Å². The standard InChI is InChI=1S/C9H4NO/c10-5-7-6-11-9-4-2-1-3-8(7)9/h1-4H. The number of hydrogen-bond donors (Lipinski definition) is 0. The van der Waals surface area contributed by atoms with Crippen LogP contribution in [0.4, 0.5) is 0 Å². The lowest BCUT2D eigenvalue weighted by molar-refractivity contribution is 0.605. The summed E-state index contributed by atoms with van der Waals surface area (Å²) in [5.41, 5.74) is 1.18. The van der Waals surface area contributed by atoms with E-state index in [1.165, 1.54) is 0 Å². The molecule has 0 aliphatic carbocycles. The second-order valence-corrected chi connectivity index (χ2v) is 2.19. The molecule has 2 aromatic rings. The average Bonchev–Trinajstić information content (AvgIpc) is 2.47. The van der Waals surface area contributed by atoms with Gasteiger partial charge in [-0.3, -0.25) is 0 Å². The van der Waals surface area contributed by atoms with Gasteiger partial charge in [0.05, 0.1) is 0 Å². The fourth-order valence-corrected chi connectivity index (χ4v) is 1.01. The molecule has 11 heavy (non-hydrogen) atoms. The number of nitrogens with zero attached hydrogens (tertiary/aromatic N) is 1. The fourth-order valence-electron chi connectivity index (χ4n) is 1.01. The van der Waals surface area contributed by atoms with Crippen LogP contribution in [-0.4, -0.2) is 0 Å². The van der Waals surface area contributed by atoms with Gasteiger partial charge in [-0.1, -0.05) is 12.1 Å². The molecule has 51 valence electrons. The lowest BCUT2D eigenvalue weighted by Gasteiger charge is -1.83. The zero-order valence-corrected chi connectivity index (χ0v) is 5.66. The van der Waals surface area contributed by atoms with Crippen LogP contribution in [0.1, 0.15) is 5.56 Å². The Kier molecular flexibility index (Phi) is 1.16. The normalized spacial score (nSPS) is 9.73. The molecule has 0 saturated carbocycles. The Morgan fingerprint density at radius 1 is 1.36 bits per heavy atom. The van der Waals surface area contributed by atoms with Crippen molar-refractivity contribution in [3.63, 3.8) is 0 Å². The highest BCUT2D eigenvalue weighted by molar-refractivity contribution is 5.82. The molecule has 1 aromatic heterocycles. The Hall–Kier alpha value is -1.75.